The SMILES string of the molecule is CCCCC/C=C\C/C=C\CCCCCCCCCCCC(=O)OCCCCCCCCCCCCCC/C=C\CCCCCCCCCCCCCCCC(=O)NC(CO)C(O)CCCCCCCCCCCCCCCCCCCCCCC. The van der Waals surface area contributed by atoms with Crippen LogP contribution in [0.1, 0.15) is 438 Å². The van der Waals surface area contributed by atoms with Crippen molar-refractivity contribution in [2.75, 3.05) is 13.2 Å². The molecule has 0 aliphatic carbocycles. The van der Waals surface area contributed by atoms with Crippen LogP contribution >= 0.6 is 0 Å². The molecule has 0 aromatic heterocycles. The van der Waals surface area contributed by atoms with Gasteiger partial charge in [-0.2, -0.15) is 0 Å². The Bertz CT molecular complexity index is 1390. The molecule has 3 N–H and O–H groups in total. The van der Waals surface area contributed by atoms with Crippen molar-refractivity contribution in [2.24, 2.45) is 0 Å². The number of aliphatic hydroxyl groups excluding tert-OH is 2. The second-order valence-electron chi connectivity index (χ2n) is 27.0. The minimum atomic E-state index is -0.665. The minimum Gasteiger partial charge on any atom is -0.466 e. The number of ether oxygens (including phenoxy) is 1. The Balaban J connectivity index is 3.36. The molecule has 0 bridgehead atoms. The number of amides is 1. The van der Waals surface area contributed by atoms with Gasteiger partial charge in [0, 0.05) is 12.8 Å². The van der Waals surface area contributed by atoms with Gasteiger partial charge in [0.25, 0.3) is 0 Å². The van der Waals surface area contributed by atoms with Gasteiger partial charge in [0.1, 0.15) is 0 Å². The summed E-state index contributed by atoms with van der Waals surface area (Å²) in [5, 5.41) is 23.4. The van der Waals surface area contributed by atoms with Gasteiger partial charge < -0.3 is 20.3 Å². The first-order chi connectivity index (χ1) is 42.5. The number of aliphatic hydroxyl groups is 2. The first-order valence-corrected chi connectivity index (χ1v) is 39.2. The summed E-state index contributed by atoms with van der Waals surface area (Å²) in [6, 6.07) is -0.542. The smallest absolute Gasteiger partial charge is 0.305 e. The molecule has 0 spiro atoms. The number of hydrogen-bond acceptors (Lipinski definition) is 5. The molecule has 0 heterocycles. The summed E-state index contributed by atoms with van der Waals surface area (Å²) in [7, 11) is 0. The van der Waals surface area contributed by atoms with Crippen LogP contribution in [0.4, 0.5) is 0 Å². The summed E-state index contributed by atoms with van der Waals surface area (Å²) >= 11 is 0. The quantitative estimate of drug-likeness (QED) is 0.0320. The highest BCUT2D eigenvalue weighted by molar-refractivity contribution is 5.76. The lowest BCUT2D eigenvalue weighted by Gasteiger charge is -2.22. The van der Waals surface area contributed by atoms with E-state index in [4.69, 9.17) is 4.74 Å². The fourth-order valence-corrected chi connectivity index (χ4v) is 12.4. The zero-order chi connectivity index (χ0) is 62.0. The second-order valence-corrected chi connectivity index (χ2v) is 27.0. The van der Waals surface area contributed by atoms with Gasteiger partial charge in [-0.3, -0.25) is 9.59 Å². The number of hydrogen-bond donors (Lipinski definition) is 3. The molecule has 0 aromatic carbocycles. The molecule has 0 aliphatic rings. The summed E-state index contributed by atoms with van der Waals surface area (Å²) in [6.07, 6.45) is 97.9. The molecule has 0 aromatic rings. The van der Waals surface area contributed by atoms with Crippen molar-refractivity contribution in [2.45, 2.75) is 450 Å². The van der Waals surface area contributed by atoms with Crippen molar-refractivity contribution >= 4 is 11.9 Å². The Morgan fingerprint density at radius 1 is 0.326 bits per heavy atom. The molecule has 0 saturated heterocycles. The number of esters is 1. The number of unbranched alkanes of at least 4 members (excludes halogenated alkanes) is 57. The number of nitrogens with one attached hydrogen (secondary N) is 1. The lowest BCUT2D eigenvalue weighted by molar-refractivity contribution is -0.143. The molecule has 1 amide bonds. The Labute approximate surface area is 538 Å². The normalized spacial score (nSPS) is 12.7. The van der Waals surface area contributed by atoms with E-state index >= 15 is 0 Å². The molecular weight excluding hydrogens is 1050 g/mol. The van der Waals surface area contributed by atoms with Crippen LogP contribution in [-0.4, -0.2) is 47.4 Å². The molecule has 508 valence electrons. The predicted molar refractivity (Wildman–Crippen MR) is 379 cm³/mol. The number of rotatable bonds is 74. The fraction of sp³-hybridized carbons (Fsp3) is 0.900. The molecule has 0 radical (unpaired) electrons. The van der Waals surface area contributed by atoms with Crippen molar-refractivity contribution in [1.29, 1.82) is 0 Å². The van der Waals surface area contributed by atoms with Gasteiger partial charge in [0.05, 0.1) is 25.4 Å². The molecule has 2 atom stereocenters. The first-order valence-electron chi connectivity index (χ1n) is 39.2. The van der Waals surface area contributed by atoms with Crippen LogP contribution in [0.5, 0.6) is 0 Å². The Kier molecular flexibility index (Phi) is 73.9. The molecule has 6 heteroatoms. The number of carbonyl (C=O) groups excluding carboxylic acids is 2. The monoisotopic (exact) mass is 1210 g/mol. The average molecular weight is 1210 g/mol. The lowest BCUT2D eigenvalue weighted by atomic mass is 10.0. The summed E-state index contributed by atoms with van der Waals surface area (Å²) in [5.41, 5.74) is 0. The van der Waals surface area contributed by atoms with E-state index in [1.54, 1.807) is 0 Å². The fourth-order valence-electron chi connectivity index (χ4n) is 12.4. The minimum absolute atomic E-state index is 0.0136. The third kappa shape index (κ3) is 71.2. The van der Waals surface area contributed by atoms with Gasteiger partial charge in [-0.05, 0) is 83.5 Å². The van der Waals surface area contributed by atoms with Crippen LogP contribution in [0.25, 0.3) is 0 Å². The van der Waals surface area contributed by atoms with Crippen LogP contribution in [0, 0.1) is 0 Å². The maximum atomic E-state index is 12.6. The van der Waals surface area contributed by atoms with Crippen LogP contribution in [0.15, 0.2) is 36.5 Å². The third-order valence-electron chi connectivity index (χ3n) is 18.4. The highest BCUT2D eigenvalue weighted by Crippen LogP contribution is 2.20. The molecule has 6 nitrogen and oxygen atoms in total. The van der Waals surface area contributed by atoms with Crippen LogP contribution < -0.4 is 5.32 Å². The summed E-state index contributed by atoms with van der Waals surface area (Å²) in [4.78, 5) is 24.7. The van der Waals surface area contributed by atoms with E-state index in [0.29, 0.717) is 25.9 Å². The van der Waals surface area contributed by atoms with Gasteiger partial charge in [-0.1, -0.05) is 378 Å². The Morgan fingerprint density at radius 3 is 0.919 bits per heavy atom. The van der Waals surface area contributed by atoms with E-state index in [2.05, 4.69) is 55.6 Å². The summed E-state index contributed by atoms with van der Waals surface area (Å²) < 4.78 is 5.51. The second kappa shape index (κ2) is 75.5. The Hall–Kier alpha value is -1.92. The van der Waals surface area contributed by atoms with E-state index < -0.39 is 12.1 Å². The molecule has 0 fully saturated rings. The first kappa shape index (κ1) is 84.1. The van der Waals surface area contributed by atoms with Crippen molar-refractivity contribution < 1.29 is 24.5 Å². The zero-order valence-electron chi connectivity index (χ0n) is 58.3. The van der Waals surface area contributed by atoms with Crippen molar-refractivity contribution in [3.63, 3.8) is 0 Å². The van der Waals surface area contributed by atoms with E-state index in [1.807, 2.05) is 0 Å². The van der Waals surface area contributed by atoms with Gasteiger partial charge in [0.2, 0.25) is 5.91 Å². The number of carbonyl (C=O) groups is 2. The molecular formula is C80H153NO5. The third-order valence-corrected chi connectivity index (χ3v) is 18.4. The standard InChI is InChI=1S/C80H153NO5/c1-3-5-7-9-11-13-15-17-19-21-23-33-37-40-44-48-52-56-60-64-68-72-78(83)77(76-82)81-79(84)73-69-65-61-57-53-49-45-41-38-34-31-29-27-25-24-26-28-30-32-35-39-43-47-51-55-59-63-67-71-75-86-80(85)74-70-66-62-58-54-50-46-42-36-22-20-18-16-14-12-10-8-6-4-2/h12,14,18,20,24,26,77-78,82-83H,3-11,13,15-17,19,21-23,25,27-76H2,1-2H3,(H,81,84)/b14-12-,20-18-,26-24-. The molecule has 0 rings (SSSR count). The van der Waals surface area contributed by atoms with Crippen molar-refractivity contribution in [3.05, 3.63) is 36.5 Å². The van der Waals surface area contributed by atoms with Crippen LogP contribution in [-0.2, 0) is 14.3 Å². The van der Waals surface area contributed by atoms with Crippen molar-refractivity contribution in [1.82, 2.24) is 5.32 Å². The molecule has 0 aliphatic heterocycles. The maximum absolute atomic E-state index is 12.6. The van der Waals surface area contributed by atoms with E-state index in [9.17, 15) is 19.8 Å². The summed E-state index contributed by atoms with van der Waals surface area (Å²) in [6.45, 7) is 4.97. The largest absolute Gasteiger partial charge is 0.466 e. The highest BCUT2D eigenvalue weighted by atomic mass is 16.5. The zero-order valence-corrected chi connectivity index (χ0v) is 58.3. The van der Waals surface area contributed by atoms with Crippen molar-refractivity contribution in [3.8, 4) is 0 Å². The molecule has 86 heavy (non-hydrogen) atoms. The van der Waals surface area contributed by atoms with Gasteiger partial charge >= 0.3 is 5.97 Å². The van der Waals surface area contributed by atoms with Crippen LogP contribution in [0.3, 0.4) is 0 Å². The van der Waals surface area contributed by atoms with E-state index in [-0.39, 0.29) is 18.5 Å². The van der Waals surface area contributed by atoms with Gasteiger partial charge in [0.15, 0.2) is 0 Å². The van der Waals surface area contributed by atoms with E-state index in [0.717, 1.165) is 51.4 Å². The highest BCUT2D eigenvalue weighted by Gasteiger charge is 2.20. The lowest BCUT2D eigenvalue weighted by Crippen LogP contribution is -2.45. The topological polar surface area (TPSA) is 95.9 Å². The van der Waals surface area contributed by atoms with Gasteiger partial charge in [-0.15, -0.1) is 0 Å². The molecule has 0 saturated carbocycles. The van der Waals surface area contributed by atoms with Gasteiger partial charge in [-0.25, -0.2) is 0 Å². The predicted octanol–water partition coefficient (Wildman–Crippen LogP) is 25.8. The van der Waals surface area contributed by atoms with E-state index in [1.165, 1.54) is 353 Å². The Morgan fingerprint density at radius 2 is 0.581 bits per heavy atom. The maximum Gasteiger partial charge on any atom is 0.305 e. The molecule has 2 unspecified atom stereocenters. The average Bonchev–Trinajstić information content (AvgIpc) is 3.54. The summed E-state index contributed by atoms with van der Waals surface area (Å²) in [5.74, 6) is -0.0158. The van der Waals surface area contributed by atoms with Crippen LogP contribution in [0.2, 0.25) is 0 Å². The number of allylic oxidation sites excluding steroid dienone is 6.